The number of aryl methyl sites for hydroxylation is 1. The molecule has 0 unspecified atom stereocenters. The van der Waals surface area contributed by atoms with Gasteiger partial charge in [0.2, 0.25) is 0 Å². The molecule has 1 fully saturated rings. The summed E-state index contributed by atoms with van der Waals surface area (Å²) in [5.74, 6) is 0.322. The molecule has 0 amide bonds. The Hall–Kier alpha value is -1.94. The summed E-state index contributed by atoms with van der Waals surface area (Å²) < 4.78 is 13.8. The van der Waals surface area contributed by atoms with Crippen molar-refractivity contribution in [3.63, 3.8) is 0 Å². The fourth-order valence-electron chi connectivity index (χ4n) is 2.82. The first-order chi connectivity index (χ1) is 11.9. The topological polar surface area (TPSA) is 15.3 Å². The monoisotopic (exact) mass is 356 g/mol. The normalized spacial score (nSPS) is 13.8. The van der Waals surface area contributed by atoms with Crippen LogP contribution < -0.4 is 5.32 Å². The van der Waals surface area contributed by atoms with Crippen molar-refractivity contribution in [3.05, 3.63) is 65.0 Å². The molecule has 3 rings (SSSR count). The number of benzene rings is 2. The number of nitrogens with zero attached hydrogens (tertiary/aromatic N) is 1. The summed E-state index contributed by atoms with van der Waals surface area (Å²) in [4.78, 5) is 2.22. The van der Waals surface area contributed by atoms with E-state index in [1.165, 1.54) is 17.2 Å². The van der Waals surface area contributed by atoms with Gasteiger partial charge in [-0.2, -0.15) is 0 Å². The zero-order valence-electron chi connectivity index (χ0n) is 15.1. The van der Waals surface area contributed by atoms with Gasteiger partial charge in [-0.3, -0.25) is 0 Å². The molecule has 1 saturated carbocycles. The standard InChI is InChI=1S/C21H25FN2S/c1-14(2)17-7-5-16(6-8-17)13-24(19-10-11-19)21(25)23-18-9-4-15(3)20(22)12-18/h4-9,12,14,19H,10-11,13H2,1-3H3,(H,23,25). The van der Waals surface area contributed by atoms with Crippen molar-refractivity contribution >= 4 is 23.0 Å². The maximum atomic E-state index is 13.8. The summed E-state index contributed by atoms with van der Waals surface area (Å²) >= 11 is 5.61. The van der Waals surface area contributed by atoms with Crippen molar-refractivity contribution in [2.45, 2.75) is 52.1 Å². The molecule has 1 aliphatic carbocycles. The molecule has 1 N–H and O–H groups in total. The molecule has 0 saturated heterocycles. The van der Waals surface area contributed by atoms with Crippen molar-refractivity contribution < 1.29 is 4.39 Å². The number of hydrogen-bond acceptors (Lipinski definition) is 1. The highest BCUT2D eigenvalue weighted by molar-refractivity contribution is 7.80. The second kappa shape index (κ2) is 7.52. The number of thiocarbonyl (C=S) groups is 1. The van der Waals surface area contributed by atoms with Crippen molar-refractivity contribution in [2.24, 2.45) is 0 Å². The van der Waals surface area contributed by atoms with Crippen LogP contribution in [-0.4, -0.2) is 16.1 Å². The lowest BCUT2D eigenvalue weighted by Crippen LogP contribution is -2.36. The Morgan fingerprint density at radius 2 is 1.88 bits per heavy atom. The van der Waals surface area contributed by atoms with Crippen molar-refractivity contribution in [1.29, 1.82) is 0 Å². The van der Waals surface area contributed by atoms with E-state index in [9.17, 15) is 4.39 Å². The third-order valence-electron chi connectivity index (χ3n) is 4.67. The Morgan fingerprint density at radius 1 is 1.20 bits per heavy atom. The van der Waals surface area contributed by atoms with Gasteiger partial charge in [0.05, 0.1) is 0 Å². The number of halogens is 1. The van der Waals surface area contributed by atoms with Crippen LogP contribution in [0.3, 0.4) is 0 Å². The van der Waals surface area contributed by atoms with Crippen LogP contribution in [-0.2, 0) is 6.54 Å². The van der Waals surface area contributed by atoms with Gasteiger partial charge < -0.3 is 10.2 Å². The molecule has 4 heteroatoms. The van der Waals surface area contributed by atoms with Gasteiger partial charge in [-0.25, -0.2) is 4.39 Å². The lowest BCUT2D eigenvalue weighted by atomic mass is 10.0. The number of anilines is 1. The highest BCUT2D eigenvalue weighted by Crippen LogP contribution is 2.29. The molecule has 1 aliphatic rings. The molecule has 0 atom stereocenters. The highest BCUT2D eigenvalue weighted by Gasteiger charge is 2.30. The second-order valence-corrected chi connectivity index (χ2v) is 7.54. The maximum absolute atomic E-state index is 13.8. The molecule has 0 aliphatic heterocycles. The van der Waals surface area contributed by atoms with Crippen LogP contribution in [0.4, 0.5) is 10.1 Å². The van der Waals surface area contributed by atoms with Crippen LogP contribution in [0.25, 0.3) is 0 Å². The Balaban J connectivity index is 1.70. The Morgan fingerprint density at radius 3 is 2.44 bits per heavy atom. The third-order valence-corrected chi connectivity index (χ3v) is 5.01. The van der Waals surface area contributed by atoms with Gasteiger partial charge in [0.1, 0.15) is 5.82 Å². The van der Waals surface area contributed by atoms with Crippen LogP contribution >= 0.6 is 12.2 Å². The van der Waals surface area contributed by atoms with E-state index in [-0.39, 0.29) is 5.82 Å². The molecular weight excluding hydrogens is 331 g/mol. The molecule has 132 valence electrons. The van der Waals surface area contributed by atoms with Crippen LogP contribution in [0.2, 0.25) is 0 Å². The number of nitrogens with one attached hydrogen (secondary N) is 1. The smallest absolute Gasteiger partial charge is 0.173 e. The number of rotatable bonds is 5. The summed E-state index contributed by atoms with van der Waals surface area (Å²) in [6.45, 7) is 6.94. The summed E-state index contributed by atoms with van der Waals surface area (Å²) in [6, 6.07) is 14.4. The van der Waals surface area contributed by atoms with E-state index in [0.717, 1.165) is 19.4 Å². The van der Waals surface area contributed by atoms with Crippen molar-refractivity contribution in [3.8, 4) is 0 Å². The predicted octanol–water partition coefficient (Wildman–Crippen LogP) is 5.62. The molecule has 0 spiro atoms. The third kappa shape index (κ3) is 4.57. The summed E-state index contributed by atoms with van der Waals surface area (Å²) in [7, 11) is 0. The van der Waals surface area contributed by atoms with Crippen LogP contribution in [0.5, 0.6) is 0 Å². The quantitative estimate of drug-likeness (QED) is 0.700. The van der Waals surface area contributed by atoms with Gasteiger partial charge in [-0.05, 0) is 66.7 Å². The van der Waals surface area contributed by atoms with Crippen molar-refractivity contribution in [1.82, 2.24) is 4.90 Å². The fourth-order valence-corrected chi connectivity index (χ4v) is 3.15. The molecule has 0 radical (unpaired) electrons. The predicted molar refractivity (Wildman–Crippen MR) is 106 cm³/mol. The zero-order chi connectivity index (χ0) is 18.0. The number of hydrogen-bond donors (Lipinski definition) is 1. The first-order valence-corrected chi connectivity index (χ1v) is 9.27. The average Bonchev–Trinajstić information content (AvgIpc) is 3.41. The van der Waals surface area contributed by atoms with E-state index in [2.05, 4.69) is 48.3 Å². The minimum absolute atomic E-state index is 0.213. The van der Waals surface area contributed by atoms with Gasteiger partial charge in [0.25, 0.3) is 0 Å². The summed E-state index contributed by atoms with van der Waals surface area (Å²) in [6.07, 6.45) is 2.32. The average molecular weight is 357 g/mol. The van der Waals surface area contributed by atoms with E-state index < -0.39 is 0 Å². The molecule has 2 aromatic rings. The molecule has 2 nitrogen and oxygen atoms in total. The van der Waals surface area contributed by atoms with Gasteiger partial charge in [0.15, 0.2) is 5.11 Å². The zero-order valence-corrected chi connectivity index (χ0v) is 15.9. The summed E-state index contributed by atoms with van der Waals surface area (Å²) in [5.41, 5.74) is 3.93. The molecule has 0 aromatic heterocycles. The van der Waals surface area contributed by atoms with E-state index in [1.54, 1.807) is 13.0 Å². The highest BCUT2D eigenvalue weighted by atomic mass is 32.1. The first-order valence-electron chi connectivity index (χ1n) is 8.86. The van der Waals surface area contributed by atoms with Crippen LogP contribution in [0, 0.1) is 12.7 Å². The van der Waals surface area contributed by atoms with E-state index in [0.29, 0.717) is 28.3 Å². The van der Waals surface area contributed by atoms with Gasteiger partial charge in [-0.1, -0.05) is 44.2 Å². The molecular formula is C21H25FN2S. The van der Waals surface area contributed by atoms with Gasteiger partial charge in [-0.15, -0.1) is 0 Å². The molecule has 2 aromatic carbocycles. The Kier molecular flexibility index (Phi) is 5.38. The van der Waals surface area contributed by atoms with E-state index in [4.69, 9.17) is 12.2 Å². The first kappa shape index (κ1) is 17.9. The van der Waals surface area contributed by atoms with E-state index in [1.807, 2.05) is 6.07 Å². The minimum atomic E-state index is -0.213. The second-order valence-electron chi connectivity index (χ2n) is 7.15. The molecule has 25 heavy (non-hydrogen) atoms. The van der Waals surface area contributed by atoms with E-state index >= 15 is 0 Å². The summed E-state index contributed by atoms with van der Waals surface area (Å²) in [5, 5.41) is 3.86. The Bertz CT molecular complexity index is 751. The lowest BCUT2D eigenvalue weighted by molar-refractivity contribution is 0.409. The van der Waals surface area contributed by atoms with Crippen LogP contribution in [0.1, 0.15) is 49.3 Å². The molecule has 0 bridgehead atoms. The molecule has 0 heterocycles. The van der Waals surface area contributed by atoms with Gasteiger partial charge >= 0.3 is 0 Å². The Labute approximate surface area is 155 Å². The SMILES string of the molecule is Cc1ccc(NC(=S)N(Cc2ccc(C(C)C)cc2)C2CC2)cc1F. The maximum Gasteiger partial charge on any atom is 0.173 e. The van der Waals surface area contributed by atoms with Gasteiger partial charge in [0, 0.05) is 18.3 Å². The fraction of sp³-hybridized carbons (Fsp3) is 0.381. The van der Waals surface area contributed by atoms with Crippen LogP contribution in [0.15, 0.2) is 42.5 Å². The largest absolute Gasteiger partial charge is 0.342 e. The lowest BCUT2D eigenvalue weighted by Gasteiger charge is -2.26. The van der Waals surface area contributed by atoms with Crippen molar-refractivity contribution in [2.75, 3.05) is 5.32 Å². The minimum Gasteiger partial charge on any atom is -0.342 e.